The number of rotatable bonds is 3. The van der Waals surface area contributed by atoms with Gasteiger partial charge in [-0.15, -0.1) is 0 Å². The van der Waals surface area contributed by atoms with Crippen LogP contribution in [0.4, 0.5) is 5.69 Å². The summed E-state index contributed by atoms with van der Waals surface area (Å²) in [5.41, 5.74) is 3.72. The fraction of sp³-hybridized carbons (Fsp3) is 0.211. The Balaban J connectivity index is 0.00000182. The van der Waals surface area contributed by atoms with Crippen molar-refractivity contribution < 1.29 is 33.7 Å². The molecule has 1 N–H and O–H groups in total. The van der Waals surface area contributed by atoms with Gasteiger partial charge in [-0.25, -0.2) is 0 Å². The van der Waals surface area contributed by atoms with Crippen LogP contribution < -0.4 is 33.4 Å². The van der Waals surface area contributed by atoms with Crippen LogP contribution in [0.3, 0.4) is 0 Å². The molecule has 0 aliphatic carbocycles. The van der Waals surface area contributed by atoms with Crippen molar-refractivity contribution in [3.05, 3.63) is 58.1 Å². The number of β-amino-alcohol motifs (C(OH)–C–C–N with tert-alkyl or cyclic N) is 1. The second kappa shape index (κ2) is 7.65. The third-order valence-corrected chi connectivity index (χ3v) is 6.49. The largest absolute Gasteiger partial charge is 1.00 e. The van der Waals surface area contributed by atoms with Gasteiger partial charge >= 0.3 is 0 Å². The number of halogens is 1. The quantitative estimate of drug-likeness (QED) is 0.445. The van der Waals surface area contributed by atoms with E-state index >= 15 is 0 Å². The van der Waals surface area contributed by atoms with E-state index in [1.54, 1.807) is 11.8 Å². The Kier molecular flexibility index (Phi) is 5.72. The highest BCUT2D eigenvalue weighted by Gasteiger charge is 2.26. The summed E-state index contributed by atoms with van der Waals surface area (Å²) in [4.78, 5) is 3.45. The number of thiazole rings is 1. The minimum atomic E-state index is 0. The van der Waals surface area contributed by atoms with E-state index in [-0.39, 0.29) is 30.6 Å². The zero-order valence-electron chi connectivity index (χ0n) is 14.1. The first-order valence-corrected chi connectivity index (χ1v) is 9.57. The standard InChI is InChI=1S/C19H19N2OS2.HI/c1-13-7-8-14-17(11-13)24-18(20(14)2)12-19-21(9-10-22)15-5-3-4-6-16(15)23-19;/h3-8,11-12,22H,9-10H2,1-2H3;1H/q+1;/p-1. The fourth-order valence-electron chi connectivity index (χ4n) is 3.00. The maximum atomic E-state index is 9.45. The molecule has 0 atom stereocenters. The van der Waals surface area contributed by atoms with Crippen molar-refractivity contribution in [3.8, 4) is 0 Å². The van der Waals surface area contributed by atoms with Crippen LogP contribution >= 0.6 is 23.1 Å². The van der Waals surface area contributed by atoms with Crippen molar-refractivity contribution in [2.45, 2.75) is 11.8 Å². The van der Waals surface area contributed by atoms with Gasteiger partial charge in [-0.3, -0.25) is 0 Å². The molecule has 2 aromatic carbocycles. The molecule has 0 amide bonds. The Bertz CT molecular complexity index is 952. The van der Waals surface area contributed by atoms with E-state index in [9.17, 15) is 5.11 Å². The van der Waals surface area contributed by atoms with E-state index in [2.05, 4.69) is 72.0 Å². The van der Waals surface area contributed by atoms with Gasteiger partial charge in [0.1, 0.15) is 11.7 Å². The lowest BCUT2D eigenvalue weighted by atomic mass is 10.2. The van der Waals surface area contributed by atoms with Crippen LogP contribution in [-0.2, 0) is 7.05 Å². The average molecular weight is 482 g/mol. The molecule has 0 fully saturated rings. The minimum Gasteiger partial charge on any atom is -1.00 e. The van der Waals surface area contributed by atoms with Crippen LogP contribution in [0.5, 0.6) is 0 Å². The van der Waals surface area contributed by atoms with Gasteiger partial charge in [-0.2, -0.15) is 4.57 Å². The molecule has 1 aromatic heterocycles. The summed E-state index contributed by atoms with van der Waals surface area (Å²) < 4.78 is 3.55. The normalized spacial score (nSPS) is 14.8. The third-order valence-electron chi connectivity index (χ3n) is 4.23. The number of hydrogen-bond donors (Lipinski definition) is 1. The first-order valence-electron chi connectivity index (χ1n) is 7.93. The molecule has 0 radical (unpaired) electrons. The van der Waals surface area contributed by atoms with E-state index in [0.29, 0.717) is 6.54 Å². The second-order valence-corrected chi connectivity index (χ2v) is 8.02. The number of fused-ring (bicyclic) bond motifs is 2. The Morgan fingerprint density at radius 1 is 1.20 bits per heavy atom. The molecule has 6 heteroatoms. The summed E-state index contributed by atoms with van der Waals surface area (Å²) in [6.07, 6.45) is 2.24. The highest BCUT2D eigenvalue weighted by Crippen LogP contribution is 2.46. The van der Waals surface area contributed by atoms with Crippen molar-refractivity contribution in [2.75, 3.05) is 18.1 Å². The van der Waals surface area contributed by atoms with Gasteiger partial charge in [0.05, 0.1) is 23.4 Å². The number of aliphatic hydroxyl groups excluding tert-OH is 1. The van der Waals surface area contributed by atoms with Crippen LogP contribution in [0.2, 0.25) is 0 Å². The van der Waals surface area contributed by atoms with Crippen LogP contribution in [0.1, 0.15) is 10.6 Å². The molecular formula is C19H19IN2OS2. The Morgan fingerprint density at radius 2 is 2.00 bits per heavy atom. The molecule has 1 aliphatic rings. The molecule has 130 valence electrons. The minimum absolute atomic E-state index is 0. The Hall–Kier alpha value is -1.09. The second-order valence-electron chi connectivity index (χ2n) is 5.90. The van der Waals surface area contributed by atoms with Crippen LogP contribution in [0.25, 0.3) is 16.3 Å². The predicted molar refractivity (Wildman–Crippen MR) is 102 cm³/mol. The topological polar surface area (TPSA) is 27.3 Å². The smallest absolute Gasteiger partial charge is 0.265 e. The van der Waals surface area contributed by atoms with Gasteiger partial charge in [0, 0.05) is 17.5 Å². The molecule has 4 rings (SSSR count). The molecule has 0 saturated heterocycles. The molecule has 0 bridgehead atoms. The lowest BCUT2D eigenvalue weighted by Crippen LogP contribution is -3.00. The zero-order valence-corrected chi connectivity index (χ0v) is 17.9. The summed E-state index contributed by atoms with van der Waals surface area (Å²) in [6.45, 7) is 2.89. The molecule has 1 aliphatic heterocycles. The fourth-order valence-corrected chi connectivity index (χ4v) is 5.39. The van der Waals surface area contributed by atoms with E-state index in [0.717, 1.165) is 0 Å². The summed E-state index contributed by atoms with van der Waals surface area (Å²) >= 11 is 3.58. The number of anilines is 1. The van der Waals surface area contributed by atoms with Gasteiger partial charge in [-0.1, -0.05) is 41.3 Å². The number of thioether (sulfide) groups is 1. The summed E-state index contributed by atoms with van der Waals surface area (Å²) in [6, 6.07) is 15.0. The molecule has 0 saturated carbocycles. The summed E-state index contributed by atoms with van der Waals surface area (Å²) in [5, 5.41) is 11.8. The van der Waals surface area contributed by atoms with Crippen LogP contribution in [-0.4, -0.2) is 18.3 Å². The SMILES string of the molecule is Cc1ccc2c(c1)sc(/C=C1/Sc3ccccc3N1CCO)[n+]2C.[I-]. The molecule has 0 unspecified atom stereocenters. The first kappa shape index (κ1) is 18.7. The van der Waals surface area contributed by atoms with Gasteiger partial charge in [-0.05, 0) is 30.7 Å². The van der Waals surface area contributed by atoms with E-state index < -0.39 is 0 Å². The predicted octanol–water partition coefficient (Wildman–Crippen LogP) is 0.941. The number of hydrogen-bond acceptors (Lipinski definition) is 4. The van der Waals surface area contributed by atoms with Gasteiger partial charge in [0.25, 0.3) is 5.01 Å². The molecule has 2 heterocycles. The number of benzene rings is 2. The van der Waals surface area contributed by atoms with Crippen LogP contribution in [0, 0.1) is 6.92 Å². The van der Waals surface area contributed by atoms with Crippen LogP contribution in [0.15, 0.2) is 52.4 Å². The molecule has 3 nitrogen and oxygen atoms in total. The first-order chi connectivity index (χ1) is 11.7. The maximum Gasteiger partial charge on any atom is 0.265 e. The van der Waals surface area contributed by atoms with E-state index in [1.807, 2.05) is 11.3 Å². The van der Waals surface area contributed by atoms with Crippen molar-refractivity contribution in [2.24, 2.45) is 7.05 Å². The van der Waals surface area contributed by atoms with Gasteiger partial charge in [0.2, 0.25) is 5.52 Å². The number of nitrogens with zero attached hydrogens (tertiary/aromatic N) is 2. The maximum absolute atomic E-state index is 9.45. The molecular weight excluding hydrogens is 463 g/mol. The number of aromatic nitrogens is 1. The molecule has 0 spiro atoms. The zero-order chi connectivity index (χ0) is 16.7. The van der Waals surface area contributed by atoms with E-state index in [1.165, 1.54) is 36.4 Å². The molecule has 25 heavy (non-hydrogen) atoms. The third kappa shape index (κ3) is 3.45. The lowest BCUT2D eigenvalue weighted by Gasteiger charge is -2.18. The van der Waals surface area contributed by atoms with Gasteiger partial charge < -0.3 is 34.0 Å². The number of aliphatic hydroxyl groups is 1. The summed E-state index contributed by atoms with van der Waals surface area (Å²) in [7, 11) is 2.11. The van der Waals surface area contributed by atoms with Crippen molar-refractivity contribution in [1.29, 1.82) is 0 Å². The average Bonchev–Trinajstić information content (AvgIpc) is 3.07. The Morgan fingerprint density at radius 3 is 2.80 bits per heavy atom. The van der Waals surface area contributed by atoms with Crippen molar-refractivity contribution in [3.63, 3.8) is 0 Å². The van der Waals surface area contributed by atoms with Crippen molar-refractivity contribution in [1.82, 2.24) is 0 Å². The molecule has 3 aromatic rings. The highest BCUT2D eigenvalue weighted by molar-refractivity contribution is 8.03. The monoisotopic (exact) mass is 482 g/mol. The number of aryl methyl sites for hydroxylation is 2. The Labute approximate surface area is 173 Å². The highest BCUT2D eigenvalue weighted by atomic mass is 127. The van der Waals surface area contributed by atoms with E-state index in [4.69, 9.17) is 0 Å². The summed E-state index contributed by atoms with van der Waals surface area (Å²) in [5.74, 6) is 0. The van der Waals surface area contributed by atoms with Gasteiger partial charge in [0.15, 0.2) is 0 Å². The lowest BCUT2D eigenvalue weighted by molar-refractivity contribution is -0.642. The van der Waals surface area contributed by atoms with Crippen molar-refractivity contribution >= 4 is 45.1 Å². The number of para-hydroxylation sites is 1.